The second kappa shape index (κ2) is 5.44. The van der Waals surface area contributed by atoms with Gasteiger partial charge in [-0.15, -0.1) is 10.2 Å². The van der Waals surface area contributed by atoms with Gasteiger partial charge < -0.3 is 5.11 Å². The highest BCUT2D eigenvalue weighted by Crippen LogP contribution is 1.44. The van der Waals surface area contributed by atoms with Gasteiger partial charge in [-0.3, -0.25) is 5.43 Å². The number of carboxylic acid groups (broad SMARTS) is 1. The zero-order valence-corrected chi connectivity index (χ0v) is 4.85. The fourth-order valence-electron chi connectivity index (χ4n) is 0.129. The number of nitrogens with zero attached hydrogens (tertiary/aromatic N) is 3. The summed E-state index contributed by atoms with van der Waals surface area (Å²) in [7, 11) is 0. The number of aromatic nitrogens is 4. The molecule has 8 nitrogen and oxygen atoms in total. The number of H-pyrrole nitrogens is 1. The van der Waals surface area contributed by atoms with E-state index in [0.717, 1.165) is 0 Å². The zero-order chi connectivity index (χ0) is 7.82. The predicted octanol–water partition coefficient (Wildman–Crippen LogP) is -1.67. The topological polar surface area (TPSA) is 130 Å². The molecule has 0 aliphatic heterocycles. The first kappa shape index (κ1) is 8.30. The SMILES string of the molecule is NNC(=O)O.c1nn[nH]n1. The molecule has 0 aliphatic rings. The van der Waals surface area contributed by atoms with Crippen LogP contribution in [-0.4, -0.2) is 31.8 Å². The Labute approximate surface area is 55.4 Å². The number of tetrazole rings is 1. The van der Waals surface area contributed by atoms with Crippen LogP contribution in [0.2, 0.25) is 0 Å². The van der Waals surface area contributed by atoms with Crippen LogP contribution in [0.4, 0.5) is 4.79 Å². The summed E-state index contributed by atoms with van der Waals surface area (Å²) < 4.78 is 0. The average Bonchev–Trinajstić information content (AvgIpc) is 2.43. The van der Waals surface area contributed by atoms with Crippen LogP contribution in [0.3, 0.4) is 0 Å². The zero-order valence-electron chi connectivity index (χ0n) is 4.85. The lowest BCUT2D eigenvalue weighted by Gasteiger charge is -1.79. The van der Waals surface area contributed by atoms with E-state index in [1.165, 1.54) is 11.8 Å². The summed E-state index contributed by atoms with van der Waals surface area (Å²) in [5.74, 6) is 4.32. The molecule has 10 heavy (non-hydrogen) atoms. The number of amides is 1. The summed E-state index contributed by atoms with van der Waals surface area (Å²) in [5, 5.41) is 19.7. The molecule has 1 rings (SSSR count). The van der Waals surface area contributed by atoms with E-state index in [9.17, 15) is 0 Å². The molecule has 8 heteroatoms. The van der Waals surface area contributed by atoms with Crippen LogP contribution in [0.1, 0.15) is 0 Å². The molecule has 0 fully saturated rings. The first-order valence-electron chi connectivity index (χ1n) is 2.13. The van der Waals surface area contributed by atoms with E-state index in [0.29, 0.717) is 0 Å². The lowest BCUT2D eigenvalue weighted by Crippen LogP contribution is -2.27. The third-order valence-corrected chi connectivity index (χ3v) is 0.393. The van der Waals surface area contributed by atoms with Crippen LogP contribution in [0, 0.1) is 0 Å². The number of hydrogen-bond donors (Lipinski definition) is 4. The van der Waals surface area contributed by atoms with Gasteiger partial charge in [-0.05, 0) is 0 Å². The molecule has 1 amide bonds. The van der Waals surface area contributed by atoms with Gasteiger partial charge in [-0.2, -0.15) is 5.21 Å². The van der Waals surface area contributed by atoms with Crippen molar-refractivity contribution < 1.29 is 9.90 Å². The second-order valence-electron chi connectivity index (χ2n) is 1.01. The van der Waals surface area contributed by atoms with Gasteiger partial charge >= 0.3 is 6.09 Å². The monoisotopic (exact) mass is 146 g/mol. The Bertz CT molecular complexity index is 143. The van der Waals surface area contributed by atoms with Crippen molar-refractivity contribution in [1.29, 1.82) is 0 Å². The van der Waals surface area contributed by atoms with Crippen LogP contribution in [0.15, 0.2) is 6.33 Å². The van der Waals surface area contributed by atoms with Crippen LogP contribution in [0.25, 0.3) is 0 Å². The lowest BCUT2D eigenvalue weighted by molar-refractivity contribution is 0.194. The predicted molar refractivity (Wildman–Crippen MR) is 29.5 cm³/mol. The summed E-state index contributed by atoms with van der Waals surface area (Å²) in [6.45, 7) is 0. The fourth-order valence-corrected chi connectivity index (χ4v) is 0.129. The Morgan fingerprint density at radius 1 is 1.80 bits per heavy atom. The maximum absolute atomic E-state index is 9.13. The highest BCUT2D eigenvalue weighted by Gasteiger charge is 1.77. The number of hydrazine groups is 1. The van der Waals surface area contributed by atoms with Crippen molar-refractivity contribution in [3.05, 3.63) is 6.33 Å². The first-order chi connectivity index (χ1) is 4.77. The second-order valence-corrected chi connectivity index (χ2v) is 1.01. The van der Waals surface area contributed by atoms with Crippen LogP contribution < -0.4 is 11.3 Å². The first-order valence-corrected chi connectivity index (χ1v) is 2.13. The number of rotatable bonds is 0. The van der Waals surface area contributed by atoms with Gasteiger partial charge in [-0.25, -0.2) is 10.6 Å². The van der Waals surface area contributed by atoms with Crippen molar-refractivity contribution in [3.63, 3.8) is 0 Å². The van der Waals surface area contributed by atoms with E-state index < -0.39 is 6.09 Å². The van der Waals surface area contributed by atoms with Crippen LogP contribution in [-0.2, 0) is 0 Å². The van der Waals surface area contributed by atoms with E-state index in [2.05, 4.69) is 26.5 Å². The minimum atomic E-state index is -1.22. The molecule has 56 valence electrons. The lowest BCUT2D eigenvalue weighted by atomic mass is 11.3. The Hall–Kier alpha value is -1.70. The summed E-state index contributed by atoms with van der Waals surface area (Å²) >= 11 is 0. The molecule has 0 radical (unpaired) electrons. The van der Waals surface area contributed by atoms with E-state index in [1.54, 1.807) is 0 Å². The summed E-state index contributed by atoms with van der Waals surface area (Å²) in [4.78, 5) is 9.13. The summed E-state index contributed by atoms with van der Waals surface area (Å²) in [6, 6.07) is 0. The molecule has 5 N–H and O–H groups in total. The molecule has 0 bridgehead atoms. The molecule has 0 aliphatic carbocycles. The maximum atomic E-state index is 9.13. The van der Waals surface area contributed by atoms with Gasteiger partial charge in [0.05, 0.1) is 0 Å². The number of nitrogens with one attached hydrogen (secondary N) is 2. The number of hydrogen-bond acceptors (Lipinski definition) is 5. The minimum absolute atomic E-state index is 1.22. The van der Waals surface area contributed by atoms with E-state index >= 15 is 0 Å². The van der Waals surface area contributed by atoms with Crippen molar-refractivity contribution in [3.8, 4) is 0 Å². The third-order valence-electron chi connectivity index (χ3n) is 0.393. The third kappa shape index (κ3) is 6.30. The molecule has 0 spiro atoms. The molecule has 0 aromatic carbocycles. The minimum Gasteiger partial charge on any atom is -0.464 e. The largest absolute Gasteiger partial charge is 0.464 e. The van der Waals surface area contributed by atoms with E-state index in [1.807, 2.05) is 0 Å². The number of nitrogens with two attached hydrogens (primary N) is 1. The molecule has 1 heterocycles. The molecule has 1 aromatic heterocycles. The molecule has 0 unspecified atom stereocenters. The summed E-state index contributed by atoms with van der Waals surface area (Å²) in [5.41, 5.74) is 1.44. The smallest absolute Gasteiger partial charge is 0.418 e. The molecule has 0 saturated heterocycles. The van der Waals surface area contributed by atoms with Crippen molar-refractivity contribution in [1.82, 2.24) is 26.0 Å². The Kier molecular flexibility index (Phi) is 4.51. The maximum Gasteiger partial charge on any atom is 0.418 e. The quantitative estimate of drug-likeness (QED) is 0.196. The number of aromatic amines is 1. The van der Waals surface area contributed by atoms with Gasteiger partial charge in [0, 0.05) is 0 Å². The van der Waals surface area contributed by atoms with Crippen LogP contribution in [0.5, 0.6) is 0 Å². The van der Waals surface area contributed by atoms with Gasteiger partial charge in [0.1, 0.15) is 0 Å². The summed E-state index contributed by atoms with van der Waals surface area (Å²) in [6.07, 6.45) is 0.116. The molecule has 0 saturated carbocycles. The standard InChI is InChI=1S/CH2N4.CH4N2O2/c1-2-4-5-3-1;2-3-1(4)5/h1H,(H,2,3,4,5);3H,2H2,(H,4,5). The van der Waals surface area contributed by atoms with Gasteiger partial charge in [0.2, 0.25) is 0 Å². The van der Waals surface area contributed by atoms with Crippen molar-refractivity contribution in [2.24, 2.45) is 5.84 Å². The fraction of sp³-hybridized carbons (Fsp3) is 0. The Morgan fingerprint density at radius 2 is 2.40 bits per heavy atom. The molecule has 1 aromatic rings. The Morgan fingerprint density at radius 3 is 2.50 bits per heavy atom. The molecular weight excluding hydrogens is 140 g/mol. The Balaban J connectivity index is 0.000000162. The van der Waals surface area contributed by atoms with Crippen molar-refractivity contribution in [2.45, 2.75) is 0 Å². The van der Waals surface area contributed by atoms with E-state index in [4.69, 9.17) is 9.90 Å². The van der Waals surface area contributed by atoms with Gasteiger partial charge in [0.15, 0.2) is 6.33 Å². The van der Waals surface area contributed by atoms with Gasteiger partial charge in [0.25, 0.3) is 0 Å². The van der Waals surface area contributed by atoms with E-state index in [-0.39, 0.29) is 0 Å². The van der Waals surface area contributed by atoms with Crippen molar-refractivity contribution >= 4 is 6.09 Å². The molecular formula is C2H6N6O2. The molecule has 0 atom stereocenters. The van der Waals surface area contributed by atoms with Gasteiger partial charge in [-0.1, -0.05) is 5.21 Å². The number of carbonyl (C=O) groups is 1. The van der Waals surface area contributed by atoms with Crippen molar-refractivity contribution in [2.75, 3.05) is 0 Å². The highest BCUT2D eigenvalue weighted by atomic mass is 16.4. The average molecular weight is 146 g/mol. The normalized spacial score (nSPS) is 7.30. The van der Waals surface area contributed by atoms with Crippen LogP contribution >= 0.6 is 0 Å². The highest BCUT2D eigenvalue weighted by molar-refractivity contribution is 5.63.